The first-order valence-electron chi connectivity index (χ1n) is 23.1. The Morgan fingerprint density at radius 3 is 2.44 bits per heavy atom. The number of alkyl carbamates (subject to hydrolysis) is 1. The Balaban J connectivity index is 1.05. The number of aromatic nitrogens is 3. The average molecular weight is 895 g/mol. The van der Waals surface area contributed by atoms with Gasteiger partial charge in [-0.15, -0.1) is 0 Å². The zero-order chi connectivity index (χ0) is 44.6. The summed E-state index contributed by atoms with van der Waals surface area (Å²) in [6.07, 6.45) is 10.1. The van der Waals surface area contributed by atoms with Gasteiger partial charge in [0.05, 0.1) is 23.0 Å². The summed E-state index contributed by atoms with van der Waals surface area (Å²) in [5.74, 6) is -1.95. The van der Waals surface area contributed by atoms with Crippen LogP contribution in [0.25, 0.3) is 27.8 Å². The van der Waals surface area contributed by atoms with Gasteiger partial charge in [-0.05, 0) is 102 Å². The summed E-state index contributed by atoms with van der Waals surface area (Å²) in [7, 11) is -3.92. The van der Waals surface area contributed by atoms with Crippen LogP contribution in [0.3, 0.4) is 0 Å². The van der Waals surface area contributed by atoms with Gasteiger partial charge in [0.25, 0.3) is 5.91 Å². The topological polar surface area (TPSA) is 194 Å². The van der Waals surface area contributed by atoms with Gasteiger partial charge in [0.2, 0.25) is 27.7 Å². The molecule has 64 heavy (non-hydrogen) atoms. The maximum Gasteiger partial charge on any atom is 0.408 e. The van der Waals surface area contributed by atoms with Crippen molar-refractivity contribution in [1.82, 2.24) is 34.9 Å². The van der Waals surface area contributed by atoms with E-state index in [4.69, 9.17) is 19.6 Å². The Kier molecular flexibility index (Phi) is 12.3. The van der Waals surface area contributed by atoms with E-state index in [-0.39, 0.29) is 25.5 Å². The van der Waals surface area contributed by atoms with Crippen molar-refractivity contribution in [3.63, 3.8) is 0 Å². The Morgan fingerprint density at radius 1 is 0.938 bits per heavy atom. The highest BCUT2D eigenvalue weighted by atomic mass is 32.2. The van der Waals surface area contributed by atoms with E-state index in [2.05, 4.69) is 46.2 Å². The minimum absolute atomic E-state index is 0.0239. The molecule has 5 aliphatic rings. The van der Waals surface area contributed by atoms with Crippen LogP contribution in [0.15, 0.2) is 66.7 Å². The van der Waals surface area contributed by atoms with E-state index in [1.165, 1.54) is 4.90 Å². The van der Waals surface area contributed by atoms with E-state index in [0.717, 1.165) is 68.3 Å². The van der Waals surface area contributed by atoms with E-state index in [9.17, 15) is 27.6 Å². The second-order valence-corrected chi connectivity index (χ2v) is 19.9. The quantitative estimate of drug-likeness (QED) is 0.155. The molecule has 5 atom stereocenters. The fourth-order valence-electron chi connectivity index (χ4n) is 9.62. The molecule has 2 aliphatic heterocycles. The van der Waals surface area contributed by atoms with E-state index >= 15 is 0 Å². The lowest BCUT2D eigenvalue weighted by Gasteiger charge is -2.30. The van der Waals surface area contributed by atoms with E-state index in [0.29, 0.717) is 54.8 Å². The highest BCUT2D eigenvalue weighted by molar-refractivity contribution is 7.91. The van der Waals surface area contributed by atoms with Gasteiger partial charge in [-0.1, -0.05) is 49.3 Å². The van der Waals surface area contributed by atoms with Crippen LogP contribution in [-0.2, 0) is 29.1 Å². The number of benzene rings is 2. The molecule has 2 aromatic heterocycles. The summed E-state index contributed by atoms with van der Waals surface area (Å²) in [6, 6.07) is 15.5. The molecule has 0 radical (unpaired) electrons. The van der Waals surface area contributed by atoms with E-state index < -0.39 is 68.7 Å². The van der Waals surface area contributed by atoms with Crippen molar-refractivity contribution in [3.8, 4) is 17.1 Å². The second kappa shape index (κ2) is 18.0. The lowest BCUT2D eigenvalue weighted by molar-refractivity contribution is -0.141. The number of amides is 4. The average Bonchev–Trinajstić information content (AvgIpc) is 4.10. The number of ether oxygens (including phenoxy) is 2. The normalized spacial score (nSPS) is 25.5. The van der Waals surface area contributed by atoms with Crippen molar-refractivity contribution in [3.05, 3.63) is 66.7 Å². The second-order valence-electron chi connectivity index (χ2n) is 18.0. The predicted octanol–water partition coefficient (Wildman–Crippen LogP) is 5.79. The van der Waals surface area contributed by atoms with Crippen LogP contribution in [-0.4, -0.2) is 106 Å². The van der Waals surface area contributed by atoms with Crippen LogP contribution in [0, 0.1) is 5.92 Å². The number of nitrogens with one attached hydrogen (secondary N) is 3. The molecule has 4 aromatic rings. The van der Waals surface area contributed by atoms with Gasteiger partial charge < -0.3 is 29.9 Å². The zero-order valence-electron chi connectivity index (χ0n) is 36.5. The van der Waals surface area contributed by atoms with E-state index in [1.54, 1.807) is 4.52 Å². The number of hydrogen-bond donors (Lipinski definition) is 3. The number of sulfonamides is 1. The van der Waals surface area contributed by atoms with Crippen molar-refractivity contribution in [2.24, 2.45) is 5.92 Å². The standard InChI is InChI=1S/C47H58N8O8S/c1-3-53(4-2)32-22-20-30(21-23-32)39-27-41(55-42(48-39)36-17-12-13-18-37(36)51-55)62-34-26-40-43(56)50-47(45(58)52-64(60,61)35-24-25-35)28-31(47)14-8-6-5-7-9-19-38(44(57)54(40)29-34)49-46(59)63-33-15-10-11-16-33/h8,12-14,17-18,20-23,27,31,33-35,38,40H,3-7,9-11,15-16,19,24-26,28-29H2,1-2H3,(H,49,59)(H,50,56)(H,52,58)/t31-,34-,38+,40+,47-/m1/s1. The number of rotatable bonds is 11. The predicted molar refractivity (Wildman–Crippen MR) is 241 cm³/mol. The Morgan fingerprint density at radius 2 is 1.69 bits per heavy atom. The minimum atomic E-state index is -3.92. The molecule has 2 aromatic carbocycles. The van der Waals surface area contributed by atoms with Crippen molar-refractivity contribution in [2.45, 2.75) is 132 Å². The number of anilines is 1. The molecule has 0 unspecified atom stereocenters. The molecule has 0 spiro atoms. The van der Waals surface area contributed by atoms with Gasteiger partial charge >= 0.3 is 6.09 Å². The van der Waals surface area contributed by atoms with Crippen LogP contribution in [0.2, 0.25) is 0 Å². The smallest absolute Gasteiger partial charge is 0.408 e. The lowest BCUT2D eigenvalue weighted by atomic mass is 10.0. The van der Waals surface area contributed by atoms with Crippen LogP contribution in [0.1, 0.15) is 97.3 Å². The largest absolute Gasteiger partial charge is 0.472 e. The van der Waals surface area contributed by atoms with E-state index in [1.807, 2.05) is 54.6 Å². The first-order chi connectivity index (χ1) is 31.0. The third-order valence-corrected chi connectivity index (χ3v) is 15.4. The first kappa shape index (κ1) is 43.5. The van der Waals surface area contributed by atoms with Gasteiger partial charge in [0, 0.05) is 48.1 Å². The minimum Gasteiger partial charge on any atom is -0.472 e. The lowest BCUT2D eigenvalue weighted by Crippen LogP contribution is -2.58. The fraction of sp³-hybridized carbons (Fsp3) is 0.532. The molecular formula is C47H58N8O8S. The van der Waals surface area contributed by atoms with Gasteiger partial charge in [-0.25, -0.2) is 18.2 Å². The summed E-state index contributed by atoms with van der Waals surface area (Å²) in [5.41, 5.74) is 2.36. The SMILES string of the molecule is CCN(CC)c1ccc(-c2cc(O[C@@H]3C[C@H]4C(=O)N[C@]5(C(=O)NS(=O)(=O)C6CC6)C[C@H]5C=CCCCCC[C@H](NC(=O)OC5CCCC5)C(=O)N4C3)n3nc4ccccc4c3n2)cc1. The zero-order valence-corrected chi connectivity index (χ0v) is 37.4. The van der Waals surface area contributed by atoms with Crippen molar-refractivity contribution in [2.75, 3.05) is 24.5 Å². The summed E-state index contributed by atoms with van der Waals surface area (Å²) < 4.78 is 42.5. The number of allylic oxidation sites excluding steroid dienone is 1. The first-order valence-corrected chi connectivity index (χ1v) is 24.6. The molecule has 4 heterocycles. The van der Waals surface area contributed by atoms with Crippen molar-refractivity contribution < 1.29 is 37.1 Å². The molecule has 340 valence electrons. The summed E-state index contributed by atoms with van der Waals surface area (Å²) >= 11 is 0. The Hall–Kier alpha value is -5.71. The maximum absolute atomic E-state index is 14.9. The van der Waals surface area contributed by atoms with Crippen LogP contribution >= 0.6 is 0 Å². The number of hydrogen-bond acceptors (Lipinski definition) is 11. The van der Waals surface area contributed by atoms with Crippen molar-refractivity contribution in [1.29, 1.82) is 0 Å². The van der Waals surface area contributed by atoms with Crippen LogP contribution in [0.5, 0.6) is 5.88 Å². The monoisotopic (exact) mass is 894 g/mol. The third kappa shape index (κ3) is 9.00. The van der Waals surface area contributed by atoms with Crippen molar-refractivity contribution >= 4 is 56.1 Å². The molecule has 9 rings (SSSR count). The highest BCUT2D eigenvalue weighted by Gasteiger charge is 2.62. The number of carbonyl (C=O) groups is 4. The third-order valence-electron chi connectivity index (χ3n) is 13.5. The molecule has 3 N–H and O–H groups in total. The van der Waals surface area contributed by atoms with Gasteiger partial charge in [0.15, 0.2) is 5.65 Å². The molecule has 17 heteroatoms. The molecule has 3 saturated carbocycles. The molecule has 16 nitrogen and oxygen atoms in total. The Labute approximate surface area is 373 Å². The molecular weight excluding hydrogens is 837 g/mol. The molecule has 3 aliphatic carbocycles. The highest BCUT2D eigenvalue weighted by Crippen LogP contribution is 2.46. The fourth-order valence-corrected chi connectivity index (χ4v) is 11.0. The van der Waals surface area contributed by atoms with Gasteiger partial charge in [-0.2, -0.15) is 9.61 Å². The van der Waals surface area contributed by atoms with Crippen LogP contribution in [0.4, 0.5) is 10.5 Å². The summed E-state index contributed by atoms with van der Waals surface area (Å²) in [6.45, 7) is 5.95. The van der Waals surface area contributed by atoms with Gasteiger partial charge in [0.1, 0.15) is 29.8 Å². The Bertz CT molecular complexity index is 2550. The number of fused-ring (bicyclic) bond motifs is 5. The molecule has 1 saturated heterocycles. The molecule has 4 fully saturated rings. The van der Waals surface area contributed by atoms with Gasteiger partial charge in [-0.3, -0.25) is 19.1 Å². The molecule has 0 bridgehead atoms. The van der Waals surface area contributed by atoms with Crippen LogP contribution < -0.4 is 25.0 Å². The number of nitrogens with zero attached hydrogens (tertiary/aromatic N) is 5. The summed E-state index contributed by atoms with van der Waals surface area (Å²) in [4.78, 5) is 65.6. The summed E-state index contributed by atoms with van der Waals surface area (Å²) in [5, 5.41) is 10.8. The maximum atomic E-state index is 14.9. The number of carbonyl (C=O) groups excluding carboxylic acids is 4. The molecule has 4 amide bonds.